The highest BCUT2D eigenvalue weighted by molar-refractivity contribution is 9.10. The lowest BCUT2D eigenvalue weighted by molar-refractivity contribution is -0.117. The summed E-state index contributed by atoms with van der Waals surface area (Å²) in [6, 6.07) is 11.9. The number of rotatable bonds is 4. The van der Waals surface area contributed by atoms with Gasteiger partial charge in [-0.25, -0.2) is 4.98 Å². The first-order valence-electron chi connectivity index (χ1n) is 8.25. The fourth-order valence-corrected chi connectivity index (χ4v) is 3.73. The molecule has 128 valence electrons. The van der Waals surface area contributed by atoms with Gasteiger partial charge in [-0.3, -0.25) is 4.79 Å². The van der Waals surface area contributed by atoms with Crippen LogP contribution in [0.3, 0.4) is 0 Å². The highest BCUT2D eigenvalue weighted by Crippen LogP contribution is 2.37. The van der Waals surface area contributed by atoms with Gasteiger partial charge in [-0.15, -0.1) is 0 Å². The third-order valence-electron chi connectivity index (χ3n) is 4.26. The first-order valence-corrected chi connectivity index (χ1v) is 9.05. The van der Waals surface area contributed by atoms with Crippen LogP contribution in [-0.2, 0) is 4.79 Å². The number of carbonyl (C=O) groups excluding carboxylic acids is 1. The molecule has 0 unspecified atom stereocenters. The maximum Gasteiger partial charge on any atom is 0.157 e. The lowest BCUT2D eigenvalue weighted by Crippen LogP contribution is -2.24. The molecule has 0 amide bonds. The van der Waals surface area contributed by atoms with Crippen LogP contribution in [-0.4, -0.2) is 10.8 Å². The molecule has 3 nitrogen and oxygen atoms in total. The van der Waals surface area contributed by atoms with Crippen molar-refractivity contribution in [2.75, 3.05) is 5.32 Å². The van der Waals surface area contributed by atoms with Gasteiger partial charge in [0.25, 0.3) is 0 Å². The van der Waals surface area contributed by atoms with Gasteiger partial charge >= 0.3 is 0 Å². The average molecular weight is 397 g/mol. The number of nitrogens with zero attached hydrogens (tertiary/aromatic N) is 1. The summed E-state index contributed by atoms with van der Waals surface area (Å²) in [5.74, 6) is 0.858. The van der Waals surface area contributed by atoms with Crippen LogP contribution in [0.1, 0.15) is 37.8 Å². The Bertz CT molecular complexity index is 853. The summed E-state index contributed by atoms with van der Waals surface area (Å²) in [6.07, 6.45) is 4.82. The number of hydrogen-bond acceptors (Lipinski definition) is 3. The Hall–Kier alpha value is -2.20. The molecule has 0 spiro atoms. The molecule has 1 aliphatic carbocycles. The summed E-state index contributed by atoms with van der Waals surface area (Å²) in [5.41, 5.74) is 3.68. The Labute approximate surface area is 157 Å². The normalized spacial score (nSPS) is 16.3. The maximum absolute atomic E-state index is 12.0. The predicted octanol–water partition coefficient (Wildman–Crippen LogP) is 5.59. The monoisotopic (exact) mass is 396 g/mol. The van der Waals surface area contributed by atoms with Gasteiger partial charge in [-0.2, -0.15) is 0 Å². The molecular formula is C21H21BrN2O. The number of nitrogens with one attached hydrogen (secondary N) is 1. The van der Waals surface area contributed by atoms with Crippen LogP contribution in [0.2, 0.25) is 0 Å². The molecule has 0 aliphatic heterocycles. The van der Waals surface area contributed by atoms with Crippen molar-refractivity contribution in [2.45, 2.75) is 26.7 Å². The standard InChI is InChI=1S/C21H21BrN2O/c1-14(15-7-5-4-6-8-15)19-18(22)9-10-23-20(19)24-16-11-17(25)13-21(2,3)12-16/h4-11H,1,12-13H2,2-3H3,(H,23,24). The fourth-order valence-electron chi connectivity index (χ4n) is 3.18. The van der Waals surface area contributed by atoms with Crippen LogP contribution >= 0.6 is 15.9 Å². The number of hydrogen-bond donors (Lipinski definition) is 1. The molecule has 4 heteroatoms. The number of halogens is 1. The smallest absolute Gasteiger partial charge is 0.157 e. The molecule has 0 atom stereocenters. The summed E-state index contributed by atoms with van der Waals surface area (Å²) in [6.45, 7) is 8.47. The minimum atomic E-state index is -0.0449. The highest BCUT2D eigenvalue weighted by Gasteiger charge is 2.28. The van der Waals surface area contributed by atoms with E-state index in [0.717, 1.165) is 33.3 Å². The molecule has 0 saturated heterocycles. The van der Waals surface area contributed by atoms with Crippen molar-refractivity contribution in [3.05, 3.63) is 76.5 Å². The van der Waals surface area contributed by atoms with Gasteiger partial charge in [-0.1, -0.05) is 50.8 Å². The first-order chi connectivity index (χ1) is 11.9. The minimum absolute atomic E-state index is 0.0449. The summed E-state index contributed by atoms with van der Waals surface area (Å²) < 4.78 is 0.917. The van der Waals surface area contributed by atoms with Crippen molar-refractivity contribution in [3.8, 4) is 0 Å². The minimum Gasteiger partial charge on any atom is -0.343 e. The van der Waals surface area contributed by atoms with Crippen molar-refractivity contribution in [1.29, 1.82) is 0 Å². The zero-order chi connectivity index (χ0) is 18.0. The highest BCUT2D eigenvalue weighted by atomic mass is 79.9. The number of anilines is 1. The number of pyridine rings is 1. The largest absolute Gasteiger partial charge is 0.343 e. The number of allylic oxidation sites excluding steroid dienone is 2. The molecule has 1 aromatic heterocycles. The molecule has 0 radical (unpaired) electrons. The second-order valence-corrected chi connectivity index (χ2v) is 7.99. The van der Waals surface area contributed by atoms with Crippen molar-refractivity contribution < 1.29 is 4.79 Å². The molecule has 3 rings (SSSR count). The van der Waals surface area contributed by atoms with Gasteiger partial charge in [0.05, 0.1) is 0 Å². The van der Waals surface area contributed by atoms with Gasteiger partial charge in [0.1, 0.15) is 5.82 Å². The van der Waals surface area contributed by atoms with Crippen molar-refractivity contribution in [1.82, 2.24) is 4.98 Å². The summed E-state index contributed by atoms with van der Waals surface area (Å²) in [4.78, 5) is 16.5. The second-order valence-electron chi connectivity index (χ2n) is 7.14. The van der Waals surface area contributed by atoms with Gasteiger partial charge in [0.15, 0.2) is 5.78 Å². The van der Waals surface area contributed by atoms with Gasteiger partial charge in [0, 0.05) is 34.4 Å². The van der Waals surface area contributed by atoms with Crippen molar-refractivity contribution >= 4 is 33.1 Å². The molecule has 2 aromatic rings. The van der Waals surface area contributed by atoms with Crippen LogP contribution in [0, 0.1) is 5.41 Å². The van der Waals surface area contributed by atoms with E-state index in [-0.39, 0.29) is 11.2 Å². The van der Waals surface area contributed by atoms with E-state index in [1.807, 2.05) is 36.4 Å². The van der Waals surface area contributed by atoms with E-state index < -0.39 is 0 Å². The zero-order valence-electron chi connectivity index (χ0n) is 14.5. The Morgan fingerprint density at radius 1 is 1.20 bits per heavy atom. The van der Waals surface area contributed by atoms with Gasteiger partial charge in [-0.05, 0) is 45.0 Å². The van der Waals surface area contributed by atoms with Crippen LogP contribution in [0.25, 0.3) is 5.57 Å². The van der Waals surface area contributed by atoms with Crippen molar-refractivity contribution in [3.63, 3.8) is 0 Å². The van der Waals surface area contributed by atoms with E-state index in [0.29, 0.717) is 12.2 Å². The number of carbonyl (C=O) groups is 1. The Balaban J connectivity index is 1.97. The van der Waals surface area contributed by atoms with E-state index in [2.05, 4.69) is 46.7 Å². The lowest BCUT2D eigenvalue weighted by Gasteiger charge is -2.29. The summed E-state index contributed by atoms with van der Waals surface area (Å²) >= 11 is 3.62. The first kappa shape index (κ1) is 17.6. The molecule has 1 aromatic carbocycles. The third-order valence-corrected chi connectivity index (χ3v) is 4.92. The Morgan fingerprint density at radius 3 is 2.60 bits per heavy atom. The number of benzene rings is 1. The zero-order valence-corrected chi connectivity index (χ0v) is 16.1. The third kappa shape index (κ3) is 4.07. The van der Waals surface area contributed by atoms with E-state index >= 15 is 0 Å². The van der Waals surface area contributed by atoms with Crippen LogP contribution < -0.4 is 5.32 Å². The average Bonchev–Trinajstić information content (AvgIpc) is 2.53. The second kappa shape index (κ2) is 6.96. The van der Waals surface area contributed by atoms with Crippen LogP contribution in [0.4, 0.5) is 5.82 Å². The van der Waals surface area contributed by atoms with E-state index in [1.54, 1.807) is 12.3 Å². The van der Waals surface area contributed by atoms with Gasteiger partial charge in [0.2, 0.25) is 0 Å². The molecule has 25 heavy (non-hydrogen) atoms. The molecule has 1 N–H and O–H groups in total. The fraction of sp³-hybridized carbons (Fsp3) is 0.238. The molecule has 0 bridgehead atoms. The molecule has 1 aliphatic rings. The maximum atomic E-state index is 12.0. The molecular weight excluding hydrogens is 376 g/mol. The molecule has 1 heterocycles. The summed E-state index contributed by atoms with van der Waals surface area (Å²) in [7, 11) is 0. The van der Waals surface area contributed by atoms with E-state index in [4.69, 9.17) is 0 Å². The van der Waals surface area contributed by atoms with Crippen LogP contribution in [0.15, 0.2) is 65.4 Å². The van der Waals surface area contributed by atoms with E-state index in [9.17, 15) is 4.79 Å². The SMILES string of the molecule is C=C(c1ccccc1)c1c(Br)ccnc1NC1=CC(=O)CC(C)(C)C1. The topological polar surface area (TPSA) is 42.0 Å². The number of ketones is 1. The van der Waals surface area contributed by atoms with E-state index in [1.165, 1.54) is 0 Å². The quantitative estimate of drug-likeness (QED) is 0.731. The number of aromatic nitrogens is 1. The molecule has 0 fully saturated rings. The molecule has 0 saturated carbocycles. The summed E-state index contributed by atoms with van der Waals surface area (Å²) in [5, 5.41) is 3.37. The Kier molecular flexibility index (Phi) is 4.91. The van der Waals surface area contributed by atoms with Gasteiger partial charge < -0.3 is 5.32 Å². The predicted molar refractivity (Wildman–Crippen MR) is 106 cm³/mol. The van der Waals surface area contributed by atoms with Crippen LogP contribution in [0.5, 0.6) is 0 Å². The Morgan fingerprint density at radius 2 is 1.92 bits per heavy atom. The lowest BCUT2D eigenvalue weighted by atomic mass is 9.79. The van der Waals surface area contributed by atoms with Crippen molar-refractivity contribution in [2.24, 2.45) is 5.41 Å².